The van der Waals surface area contributed by atoms with Gasteiger partial charge in [0.15, 0.2) is 0 Å². The summed E-state index contributed by atoms with van der Waals surface area (Å²) in [5, 5.41) is 5.92. The fourth-order valence-corrected chi connectivity index (χ4v) is 1.26. The van der Waals surface area contributed by atoms with Crippen LogP contribution in [0.3, 0.4) is 0 Å². The molecule has 6 heteroatoms. The van der Waals surface area contributed by atoms with Gasteiger partial charge < -0.3 is 24.8 Å². The smallest absolute Gasteiger partial charge is 0.216 e. The lowest BCUT2D eigenvalue weighted by atomic mass is 10.4. The van der Waals surface area contributed by atoms with E-state index in [0.717, 1.165) is 6.54 Å². The second kappa shape index (κ2) is 13.7. The summed E-state index contributed by atoms with van der Waals surface area (Å²) in [7, 11) is 0. The molecular formula is C13H28N2O4. The van der Waals surface area contributed by atoms with Gasteiger partial charge in [-0.3, -0.25) is 4.79 Å². The van der Waals surface area contributed by atoms with Gasteiger partial charge in [0.05, 0.1) is 39.6 Å². The topological polar surface area (TPSA) is 68.8 Å². The molecule has 0 unspecified atom stereocenters. The average Bonchev–Trinajstić information content (AvgIpc) is 2.34. The molecule has 0 aromatic rings. The van der Waals surface area contributed by atoms with Crippen LogP contribution in [0.25, 0.3) is 0 Å². The third-order valence-electron chi connectivity index (χ3n) is 2.16. The zero-order valence-electron chi connectivity index (χ0n) is 12.4. The lowest BCUT2D eigenvalue weighted by Crippen LogP contribution is -2.27. The van der Waals surface area contributed by atoms with E-state index < -0.39 is 0 Å². The highest BCUT2D eigenvalue weighted by Crippen LogP contribution is 1.82. The van der Waals surface area contributed by atoms with E-state index in [1.54, 1.807) is 0 Å². The van der Waals surface area contributed by atoms with E-state index >= 15 is 0 Å². The molecule has 0 heterocycles. The van der Waals surface area contributed by atoms with E-state index in [1.807, 2.05) is 0 Å². The molecule has 0 radical (unpaired) electrons. The molecule has 0 aromatic carbocycles. The van der Waals surface area contributed by atoms with Gasteiger partial charge in [-0.25, -0.2) is 0 Å². The Morgan fingerprint density at radius 1 is 0.895 bits per heavy atom. The Morgan fingerprint density at radius 2 is 1.37 bits per heavy atom. The van der Waals surface area contributed by atoms with Crippen LogP contribution < -0.4 is 10.6 Å². The molecule has 0 aliphatic rings. The maximum atomic E-state index is 10.6. The number of ether oxygens (including phenoxy) is 3. The quantitative estimate of drug-likeness (QED) is 0.469. The summed E-state index contributed by atoms with van der Waals surface area (Å²) in [6, 6.07) is 0.495. The minimum absolute atomic E-state index is 0.0380. The predicted octanol–water partition coefficient (Wildman–Crippen LogP) is 0.170. The number of amides is 1. The molecule has 0 bridgehead atoms. The summed E-state index contributed by atoms with van der Waals surface area (Å²) in [5.74, 6) is -0.0380. The summed E-state index contributed by atoms with van der Waals surface area (Å²) in [6.45, 7) is 10.6. The Kier molecular flexibility index (Phi) is 13.2. The standard InChI is InChI=1S/C13H28N2O4/c1-12(2)14-4-6-17-8-10-19-11-9-18-7-5-15-13(3)16/h12,14H,4-11H2,1-3H3,(H,15,16). The first kappa shape index (κ1) is 18.3. The molecule has 0 rings (SSSR count). The molecule has 0 aliphatic heterocycles. The summed E-state index contributed by atoms with van der Waals surface area (Å²) in [6.07, 6.45) is 0. The molecule has 0 aliphatic carbocycles. The second-order valence-electron chi connectivity index (χ2n) is 4.43. The molecule has 114 valence electrons. The molecule has 0 atom stereocenters. The van der Waals surface area contributed by atoms with Gasteiger partial charge in [-0.1, -0.05) is 13.8 Å². The number of carbonyl (C=O) groups excluding carboxylic acids is 1. The van der Waals surface area contributed by atoms with Gasteiger partial charge in [-0.2, -0.15) is 0 Å². The molecule has 6 nitrogen and oxygen atoms in total. The van der Waals surface area contributed by atoms with Crippen molar-refractivity contribution in [1.82, 2.24) is 10.6 Å². The van der Waals surface area contributed by atoms with Crippen LogP contribution in [0.5, 0.6) is 0 Å². The first-order valence-electron chi connectivity index (χ1n) is 6.84. The van der Waals surface area contributed by atoms with Crippen molar-refractivity contribution in [2.75, 3.05) is 52.7 Å². The summed E-state index contributed by atoms with van der Waals surface area (Å²) in [4.78, 5) is 10.6. The number of carbonyl (C=O) groups is 1. The maximum absolute atomic E-state index is 10.6. The molecule has 19 heavy (non-hydrogen) atoms. The second-order valence-corrected chi connectivity index (χ2v) is 4.43. The zero-order valence-corrected chi connectivity index (χ0v) is 12.4. The monoisotopic (exact) mass is 276 g/mol. The molecule has 2 N–H and O–H groups in total. The lowest BCUT2D eigenvalue weighted by Gasteiger charge is -2.09. The van der Waals surface area contributed by atoms with Crippen molar-refractivity contribution in [3.8, 4) is 0 Å². The van der Waals surface area contributed by atoms with Crippen molar-refractivity contribution in [2.45, 2.75) is 26.8 Å². The summed E-state index contributed by atoms with van der Waals surface area (Å²) >= 11 is 0. The van der Waals surface area contributed by atoms with Crippen LogP contribution in [0.2, 0.25) is 0 Å². The largest absolute Gasteiger partial charge is 0.378 e. The Morgan fingerprint density at radius 3 is 1.84 bits per heavy atom. The highest BCUT2D eigenvalue weighted by Gasteiger charge is 1.94. The first-order valence-corrected chi connectivity index (χ1v) is 6.84. The third kappa shape index (κ3) is 17.3. The van der Waals surface area contributed by atoms with Gasteiger partial charge in [-0.15, -0.1) is 0 Å². The van der Waals surface area contributed by atoms with Crippen molar-refractivity contribution in [3.63, 3.8) is 0 Å². The molecule has 0 aromatic heterocycles. The van der Waals surface area contributed by atoms with Gasteiger partial charge in [0.2, 0.25) is 5.91 Å². The number of nitrogens with one attached hydrogen (secondary N) is 2. The van der Waals surface area contributed by atoms with E-state index in [2.05, 4.69) is 24.5 Å². The Balaban J connectivity index is 2.97. The SMILES string of the molecule is CC(=O)NCCOCCOCCOCCNC(C)C. The third-order valence-corrected chi connectivity index (χ3v) is 2.16. The van der Waals surface area contributed by atoms with Crippen LogP contribution >= 0.6 is 0 Å². The zero-order chi connectivity index (χ0) is 14.3. The van der Waals surface area contributed by atoms with Gasteiger partial charge in [0, 0.05) is 26.1 Å². The number of rotatable bonds is 13. The van der Waals surface area contributed by atoms with E-state index in [1.165, 1.54) is 6.92 Å². The van der Waals surface area contributed by atoms with E-state index in [4.69, 9.17) is 14.2 Å². The highest BCUT2D eigenvalue weighted by atomic mass is 16.5. The van der Waals surface area contributed by atoms with Crippen molar-refractivity contribution in [3.05, 3.63) is 0 Å². The van der Waals surface area contributed by atoms with Crippen LogP contribution in [-0.4, -0.2) is 64.7 Å². The van der Waals surface area contributed by atoms with Crippen molar-refractivity contribution in [1.29, 1.82) is 0 Å². The van der Waals surface area contributed by atoms with Crippen molar-refractivity contribution in [2.24, 2.45) is 0 Å². The Bertz CT molecular complexity index is 213. The molecule has 0 saturated heterocycles. The van der Waals surface area contributed by atoms with Gasteiger partial charge in [0.25, 0.3) is 0 Å². The number of hydrogen-bond donors (Lipinski definition) is 2. The first-order chi connectivity index (χ1) is 9.13. The summed E-state index contributed by atoms with van der Waals surface area (Å²) in [5.41, 5.74) is 0. The maximum Gasteiger partial charge on any atom is 0.216 e. The lowest BCUT2D eigenvalue weighted by molar-refractivity contribution is -0.119. The Labute approximate surface area is 116 Å². The normalized spacial score (nSPS) is 10.9. The van der Waals surface area contributed by atoms with Crippen molar-refractivity contribution < 1.29 is 19.0 Å². The minimum atomic E-state index is -0.0380. The van der Waals surface area contributed by atoms with Gasteiger partial charge in [-0.05, 0) is 0 Å². The van der Waals surface area contributed by atoms with Crippen LogP contribution in [0, 0.1) is 0 Å². The van der Waals surface area contributed by atoms with Crippen LogP contribution in [0.15, 0.2) is 0 Å². The highest BCUT2D eigenvalue weighted by molar-refractivity contribution is 5.72. The average molecular weight is 276 g/mol. The van der Waals surface area contributed by atoms with E-state index in [0.29, 0.717) is 52.2 Å². The van der Waals surface area contributed by atoms with Gasteiger partial charge in [0.1, 0.15) is 0 Å². The molecule has 1 amide bonds. The predicted molar refractivity (Wildman–Crippen MR) is 74.3 cm³/mol. The fraction of sp³-hybridized carbons (Fsp3) is 0.923. The number of hydrogen-bond acceptors (Lipinski definition) is 5. The van der Waals surface area contributed by atoms with Crippen LogP contribution in [-0.2, 0) is 19.0 Å². The van der Waals surface area contributed by atoms with E-state index in [9.17, 15) is 4.79 Å². The van der Waals surface area contributed by atoms with Crippen molar-refractivity contribution >= 4 is 5.91 Å². The molecular weight excluding hydrogens is 248 g/mol. The summed E-state index contributed by atoms with van der Waals surface area (Å²) < 4.78 is 16.0. The molecule has 0 spiro atoms. The molecule has 0 fully saturated rings. The Hall–Kier alpha value is -0.690. The van der Waals surface area contributed by atoms with Crippen LogP contribution in [0.1, 0.15) is 20.8 Å². The fourth-order valence-electron chi connectivity index (χ4n) is 1.26. The molecule has 0 saturated carbocycles. The van der Waals surface area contributed by atoms with Crippen LogP contribution in [0.4, 0.5) is 0 Å². The van der Waals surface area contributed by atoms with E-state index in [-0.39, 0.29) is 5.91 Å². The van der Waals surface area contributed by atoms with Gasteiger partial charge >= 0.3 is 0 Å². The minimum Gasteiger partial charge on any atom is -0.378 e.